The standard InChI is InChI=1S/C25H18ClF2IN4O/c1-11-7-18-23(31-12(2)32(18)3)21(26)20(11)14-5-4-6-33-19(10-17(29)24(14)33)25(34)13-8-15(27)22(30)16(28)9-13/h4-10H,30H2,1-3H3. The first-order valence-electron chi connectivity index (χ1n) is 10.3. The lowest BCUT2D eigenvalue weighted by Crippen LogP contribution is -2.08. The Hall–Kier alpha value is -2.98. The summed E-state index contributed by atoms with van der Waals surface area (Å²) in [4.78, 5) is 17.9. The number of hydrogen-bond acceptors (Lipinski definition) is 3. The molecule has 0 radical (unpaired) electrons. The first-order valence-corrected chi connectivity index (χ1v) is 11.8. The van der Waals surface area contributed by atoms with Crippen LogP contribution in [-0.4, -0.2) is 19.7 Å². The Bertz CT molecular complexity index is 1650. The van der Waals surface area contributed by atoms with Gasteiger partial charge in [0.1, 0.15) is 28.7 Å². The molecule has 3 aromatic heterocycles. The zero-order chi connectivity index (χ0) is 24.5. The second-order valence-corrected chi connectivity index (χ2v) is 9.71. The normalized spacial score (nSPS) is 11.6. The van der Waals surface area contributed by atoms with E-state index in [1.165, 1.54) is 0 Å². The van der Waals surface area contributed by atoms with Gasteiger partial charge in [-0.15, -0.1) is 0 Å². The molecule has 0 atom stereocenters. The van der Waals surface area contributed by atoms with Gasteiger partial charge in [0.05, 0.1) is 21.7 Å². The molecule has 0 aliphatic carbocycles. The number of nitrogens with zero attached hydrogens (tertiary/aromatic N) is 3. The summed E-state index contributed by atoms with van der Waals surface area (Å²) in [6.07, 6.45) is 1.74. The minimum Gasteiger partial charge on any atom is -0.394 e. The third kappa shape index (κ3) is 3.31. The molecule has 0 aliphatic heterocycles. The summed E-state index contributed by atoms with van der Waals surface area (Å²) in [5.74, 6) is -1.62. The van der Waals surface area contributed by atoms with Gasteiger partial charge in [-0.3, -0.25) is 4.79 Å². The number of aryl methyl sites for hydroxylation is 3. The average Bonchev–Trinajstić information content (AvgIpc) is 3.28. The number of halogens is 4. The monoisotopic (exact) mass is 590 g/mol. The highest BCUT2D eigenvalue weighted by Crippen LogP contribution is 2.40. The van der Waals surface area contributed by atoms with Crippen LogP contribution < -0.4 is 5.73 Å². The van der Waals surface area contributed by atoms with Crippen molar-refractivity contribution < 1.29 is 13.6 Å². The molecule has 2 aromatic carbocycles. The number of imidazole rings is 1. The Morgan fingerprint density at radius 3 is 2.50 bits per heavy atom. The minimum absolute atomic E-state index is 0.120. The first kappa shape index (κ1) is 22.8. The van der Waals surface area contributed by atoms with Gasteiger partial charge in [-0.1, -0.05) is 17.7 Å². The number of nitrogen functional groups attached to an aromatic ring is 1. The van der Waals surface area contributed by atoms with Gasteiger partial charge in [0.2, 0.25) is 5.78 Å². The Labute approximate surface area is 212 Å². The van der Waals surface area contributed by atoms with Crippen LogP contribution in [0.2, 0.25) is 5.02 Å². The number of benzene rings is 2. The number of pyridine rings is 1. The highest BCUT2D eigenvalue weighted by atomic mass is 127. The van der Waals surface area contributed by atoms with Crippen LogP contribution in [0.4, 0.5) is 14.5 Å². The van der Waals surface area contributed by atoms with Crippen LogP contribution in [0.1, 0.15) is 27.4 Å². The highest BCUT2D eigenvalue weighted by molar-refractivity contribution is 14.1. The SMILES string of the molecule is Cc1cc2c(nc(C)n2C)c(Cl)c1-c1cccn2c(C(=O)c3cc(F)c(N)c(F)c3)cc(I)c12. The zero-order valence-electron chi connectivity index (χ0n) is 18.4. The fourth-order valence-corrected chi connectivity index (χ4v) is 5.54. The third-order valence-corrected chi connectivity index (χ3v) is 7.31. The molecule has 3 heterocycles. The van der Waals surface area contributed by atoms with E-state index in [1.54, 1.807) is 16.7 Å². The summed E-state index contributed by atoms with van der Waals surface area (Å²) < 4.78 is 32.5. The molecule has 34 heavy (non-hydrogen) atoms. The van der Waals surface area contributed by atoms with E-state index in [0.29, 0.717) is 10.5 Å². The number of anilines is 1. The van der Waals surface area contributed by atoms with E-state index < -0.39 is 23.1 Å². The maximum Gasteiger partial charge on any atom is 0.209 e. The number of ketones is 1. The second-order valence-electron chi connectivity index (χ2n) is 8.17. The number of rotatable bonds is 3. The summed E-state index contributed by atoms with van der Waals surface area (Å²) in [6, 6.07) is 9.39. The van der Waals surface area contributed by atoms with Crippen molar-refractivity contribution in [3.8, 4) is 11.1 Å². The van der Waals surface area contributed by atoms with E-state index in [4.69, 9.17) is 17.3 Å². The van der Waals surface area contributed by atoms with Gasteiger partial charge in [0.15, 0.2) is 0 Å². The van der Waals surface area contributed by atoms with Crippen molar-refractivity contribution in [1.29, 1.82) is 0 Å². The molecule has 0 saturated heterocycles. The molecule has 0 bridgehead atoms. The Morgan fingerprint density at radius 2 is 1.82 bits per heavy atom. The van der Waals surface area contributed by atoms with E-state index >= 15 is 0 Å². The van der Waals surface area contributed by atoms with Crippen molar-refractivity contribution in [2.75, 3.05) is 5.73 Å². The molecule has 0 saturated carbocycles. The topological polar surface area (TPSA) is 65.3 Å². The van der Waals surface area contributed by atoms with Crippen LogP contribution in [0, 0.1) is 29.1 Å². The zero-order valence-corrected chi connectivity index (χ0v) is 21.3. The summed E-state index contributed by atoms with van der Waals surface area (Å²) >= 11 is 9.03. The van der Waals surface area contributed by atoms with Gasteiger partial charge in [0.25, 0.3) is 0 Å². The smallest absolute Gasteiger partial charge is 0.209 e. The molecule has 0 amide bonds. The Morgan fingerprint density at radius 1 is 1.15 bits per heavy atom. The van der Waals surface area contributed by atoms with Crippen LogP contribution >= 0.6 is 34.2 Å². The van der Waals surface area contributed by atoms with Crippen molar-refractivity contribution in [2.24, 2.45) is 7.05 Å². The van der Waals surface area contributed by atoms with Crippen molar-refractivity contribution in [3.05, 3.63) is 85.5 Å². The van der Waals surface area contributed by atoms with E-state index in [0.717, 1.165) is 49.3 Å². The number of carbonyl (C=O) groups excluding carboxylic acids is 1. The lowest BCUT2D eigenvalue weighted by atomic mass is 9.99. The fraction of sp³-hybridized carbons (Fsp3) is 0.120. The van der Waals surface area contributed by atoms with E-state index in [1.807, 2.05) is 43.7 Å². The van der Waals surface area contributed by atoms with Crippen molar-refractivity contribution >= 4 is 62.2 Å². The van der Waals surface area contributed by atoms with Crippen LogP contribution in [0.5, 0.6) is 0 Å². The van der Waals surface area contributed by atoms with Crippen LogP contribution in [0.3, 0.4) is 0 Å². The predicted octanol–water partition coefficient (Wildman–Crippen LogP) is 6.46. The number of aromatic nitrogens is 3. The molecule has 5 aromatic rings. The van der Waals surface area contributed by atoms with E-state index in [-0.39, 0.29) is 11.3 Å². The van der Waals surface area contributed by atoms with Crippen molar-refractivity contribution in [3.63, 3.8) is 0 Å². The maximum atomic E-state index is 14.0. The van der Waals surface area contributed by atoms with Gasteiger partial charge in [-0.25, -0.2) is 13.8 Å². The molecule has 5 nitrogen and oxygen atoms in total. The number of carbonyl (C=O) groups is 1. The van der Waals surface area contributed by atoms with Gasteiger partial charge >= 0.3 is 0 Å². The summed E-state index contributed by atoms with van der Waals surface area (Å²) in [7, 11) is 1.94. The molecule has 172 valence electrons. The van der Waals surface area contributed by atoms with E-state index in [9.17, 15) is 13.6 Å². The largest absolute Gasteiger partial charge is 0.394 e. The van der Waals surface area contributed by atoms with Gasteiger partial charge in [-0.2, -0.15) is 0 Å². The van der Waals surface area contributed by atoms with Crippen molar-refractivity contribution in [2.45, 2.75) is 13.8 Å². The molecular weight excluding hydrogens is 573 g/mol. The molecule has 0 aliphatic rings. The maximum absolute atomic E-state index is 14.0. The Balaban J connectivity index is 1.75. The number of hydrogen-bond donors (Lipinski definition) is 1. The third-order valence-electron chi connectivity index (χ3n) is 6.12. The average molecular weight is 591 g/mol. The van der Waals surface area contributed by atoms with Crippen LogP contribution in [-0.2, 0) is 7.05 Å². The first-order chi connectivity index (χ1) is 16.1. The molecule has 2 N–H and O–H groups in total. The molecule has 0 unspecified atom stereocenters. The fourth-order valence-electron chi connectivity index (χ4n) is 4.30. The molecule has 0 fully saturated rings. The number of nitrogens with two attached hydrogens (primary N) is 1. The summed E-state index contributed by atoms with van der Waals surface area (Å²) in [6.45, 7) is 3.90. The minimum atomic E-state index is -0.971. The van der Waals surface area contributed by atoms with Crippen molar-refractivity contribution in [1.82, 2.24) is 14.0 Å². The van der Waals surface area contributed by atoms with E-state index in [2.05, 4.69) is 27.6 Å². The second kappa shape index (κ2) is 8.06. The lowest BCUT2D eigenvalue weighted by Gasteiger charge is -2.13. The Kier molecular flexibility index (Phi) is 5.40. The molecule has 9 heteroatoms. The quantitative estimate of drug-likeness (QED) is 0.149. The molecule has 0 spiro atoms. The molecular formula is C25H18ClF2IN4O. The van der Waals surface area contributed by atoms with Gasteiger partial charge < -0.3 is 14.7 Å². The predicted molar refractivity (Wildman–Crippen MR) is 139 cm³/mol. The van der Waals surface area contributed by atoms with Gasteiger partial charge in [-0.05, 0) is 72.3 Å². The summed E-state index contributed by atoms with van der Waals surface area (Å²) in [5, 5.41) is 0.527. The number of fused-ring (bicyclic) bond motifs is 2. The van der Waals surface area contributed by atoms with Crippen LogP contribution in [0.25, 0.3) is 27.7 Å². The lowest BCUT2D eigenvalue weighted by molar-refractivity contribution is 0.103. The molecule has 5 rings (SSSR count). The van der Waals surface area contributed by atoms with Gasteiger partial charge in [0, 0.05) is 33.5 Å². The van der Waals surface area contributed by atoms with Crippen LogP contribution in [0.15, 0.2) is 42.6 Å². The highest BCUT2D eigenvalue weighted by Gasteiger charge is 2.23. The summed E-state index contributed by atoms with van der Waals surface area (Å²) in [5.41, 5.74) is 9.90.